The minimum Gasteiger partial charge on any atom is -0.0841 e. The van der Waals surface area contributed by atoms with Crippen molar-refractivity contribution >= 4 is 0 Å². The lowest BCUT2D eigenvalue weighted by Gasteiger charge is -2.00. The van der Waals surface area contributed by atoms with Crippen molar-refractivity contribution in [2.75, 3.05) is 0 Å². The van der Waals surface area contributed by atoms with Crippen LogP contribution in [0.1, 0.15) is 38.5 Å². The molecule has 0 aliphatic heterocycles. The summed E-state index contributed by atoms with van der Waals surface area (Å²) < 4.78 is 0. The van der Waals surface area contributed by atoms with Gasteiger partial charge in [-0.25, -0.2) is 0 Å². The lowest BCUT2D eigenvalue weighted by molar-refractivity contribution is 0.886. The van der Waals surface area contributed by atoms with Crippen molar-refractivity contribution in [3.05, 3.63) is 23.3 Å². The van der Waals surface area contributed by atoms with E-state index in [0.29, 0.717) is 0 Å². The summed E-state index contributed by atoms with van der Waals surface area (Å²) in [5.41, 5.74) is 3.52. The van der Waals surface area contributed by atoms with E-state index >= 15 is 0 Å². The highest BCUT2D eigenvalue weighted by Crippen LogP contribution is 2.32. The van der Waals surface area contributed by atoms with Gasteiger partial charge in [-0.1, -0.05) is 23.3 Å². The molecule has 0 saturated heterocycles. The molecule has 0 bridgehead atoms. The summed E-state index contributed by atoms with van der Waals surface area (Å²) in [7, 11) is 0. The molecule has 1 saturated carbocycles. The first-order chi connectivity index (χ1) is 4.97. The number of hydrogen-bond acceptors (Lipinski definition) is 0. The zero-order valence-corrected chi connectivity index (χ0v) is 6.40. The Bertz CT molecular complexity index is 166. The SMILES string of the molecule is C1=CCC(=C2CCCC2)C1. The van der Waals surface area contributed by atoms with Gasteiger partial charge in [0.25, 0.3) is 0 Å². The minimum atomic E-state index is 1.26. The standard InChI is InChI=1S/C10H14/c1-2-6-9(5-1)10-7-3-4-8-10/h1-2H,3-8H2. The Morgan fingerprint density at radius 1 is 0.800 bits per heavy atom. The highest BCUT2D eigenvalue weighted by molar-refractivity contribution is 5.26. The molecule has 0 aromatic heterocycles. The number of hydrogen-bond donors (Lipinski definition) is 0. The molecular weight excluding hydrogens is 120 g/mol. The lowest BCUT2D eigenvalue weighted by Crippen LogP contribution is -1.81. The van der Waals surface area contributed by atoms with Crippen molar-refractivity contribution in [2.24, 2.45) is 0 Å². The summed E-state index contributed by atoms with van der Waals surface area (Å²) >= 11 is 0. The van der Waals surface area contributed by atoms with E-state index in [4.69, 9.17) is 0 Å². The van der Waals surface area contributed by atoms with Crippen LogP contribution in [0.2, 0.25) is 0 Å². The van der Waals surface area contributed by atoms with E-state index < -0.39 is 0 Å². The van der Waals surface area contributed by atoms with Crippen LogP contribution in [0.5, 0.6) is 0 Å². The van der Waals surface area contributed by atoms with E-state index in [0.717, 1.165) is 0 Å². The van der Waals surface area contributed by atoms with E-state index in [2.05, 4.69) is 12.2 Å². The van der Waals surface area contributed by atoms with Crippen molar-refractivity contribution in [3.63, 3.8) is 0 Å². The first-order valence-electron chi connectivity index (χ1n) is 4.31. The average Bonchev–Trinajstić information content (AvgIpc) is 2.59. The topological polar surface area (TPSA) is 0 Å². The third-order valence-electron chi connectivity index (χ3n) is 2.60. The Morgan fingerprint density at radius 2 is 1.40 bits per heavy atom. The molecule has 0 unspecified atom stereocenters. The molecule has 0 nitrogen and oxygen atoms in total. The maximum atomic E-state index is 2.31. The monoisotopic (exact) mass is 134 g/mol. The third kappa shape index (κ3) is 1.03. The van der Waals surface area contributed by atoms with Crippen LogP contribution >= 0.6 is 0 Å². The zero-order valence-electron chi connectivity index (χ0n) is 6.40. The summed E-state index contributed by atoms with van der Waals surface area (Å²) in [5, 5.41) is 0. The van der Waals surface area contributed by atoms with Crippen molar-refractivity contribution < 1.29 is 0 Å². The van der Waals surface area contributed by atoms with Crippen molar-refractivity contribution in [1.82, 2.24) is 0 Å². The van der Waals surface area contributed by atoms with Gasteiger partial charge in [0.05, 0.1) is 0 Å². The highest BCUT2D eigenvalue weighted by Gasteiger charge is 2.12. The molecule has 0 amide bonds. The lowest BCUT2D eigenvalue weighted by atomic mass is 10.1. The summed E-state index contributed by atoms with van der Waals surface area (Å²) in [4.78, 5) is 0. The molecule has 0 heterocycles. The molecule has 54 valence electrons. The van der Waals surface area contributed by atoms with Gasteiger partial charge in [0.15, 0.2) is 0 Å². The first kappa shape index (κ1) is 6.21. The Labute approximate surface area is 62.6 Å². The number of rotatable bonds is 0. The predicted molar refractivity (Wildman–Crippen MR) is 43.9 cm³/mol. The van der Waals surface area contributed by atoms with Gasteiger partial charge >= 0.3 is 0 Å². The minimum absolute atomic E-state index is 1.26. The molecule has 0 aromatic rings. The molecule has 2 rings (SSSR count). The second-order valence-electron chi connectivity index (χ2n) is 3.29. The maximum absolute atomic E-state index is 2.31. The summed E-state index contributed by atoms with van der Waals surface area (Å²) in [6.45, 7) is 0. The molecule has 0 heteroatoms. The van der Waals surface area contributed by atoms with Crippen LogP contribution in [0.4, 0.5) is 0 Å². The van der Waals surface area contributed by atoms with Gasteiger partial charge in [-0.2, -0.15) is 0 Å². The van der Waals surface area contributed by atoms with Gasteiger partial charge in [0.1, 0.15) is 0 Å². The maximum Gasteiger partial charge on any atom is -0.0133 e. The Balaban J connectivity index is 2.12. The van der Waals surface area contributed by atoms with Crippen LogP contribution < -0.4 is 0 Å². The average molecular weight is 134 g/mol. The van der Waals surface area contributed by atoms with Crippen molar-refractivity contribution in [1.29, 1.82) is 0 Å². The summed E-state index contributed by atoms with van der Waals surface area (Å²) in [6, 6.07) is 0. The van der Waals surface area contributed by atoms with E-state index in [1.165, 1.54) is 38.5 Å². The Kier molecular flexibility index (Phi) is 1.62. The van der Waals surface area contributed by atoms with Crippen molar-refractivity contribution in [3.8, 4) is 0 Å². The number of allylic oxidation sites excluding steroid dienone is 4. The fourth-order valence-electron chi connectivity index (χ4n) is 1.98. The molecular formula is C10H14. The normalized spacial score (nSPS) is 24.8. The molecule has 1 fully saturated rings. The Morgan fingerprint density at radius 3 is 2.00 bits per heavy atom. The molecule has 0 atom stereocenters. The second-order valence-corrected chi connectivity index (χ2v) is 3.29. The van der Waals surface area contributed by atoms with Crippen LogP contribution in [0.25, 0.3) is 0 Å². The van der Waals surface area contributed by atoms with Crippen molar-refractivity contribution in [2.45, 2.75) is 38.5 Å². The molecule has 0 radical (unpaired) electrons. The largest absolute Gasteiger partial charge is 0.0841 e. The fourth-order valence-corrected chi connectivity index (χ4v) is 1.98. The highest BCUT2D eigenvalue weighted by atomic mass is 14.2. The first-order valence-corrected chi connectivity index (χ1v) is 4.31. The van der Waals surface area contributed by atoms with Gasteiger partial charge in [-0.05, 0) is 38.5 Å². The van der Waals surface area contributed by atoms with Gasteiger partial charge < -0.3 is 0 Å². The van der Waals surface area contributed by atoms with Gasteiger partial charge in [-0.15, -0.1) is 0 Å². The van der Waals surface area contributed by atoms with Gasteiger partial charge in [0.2, 0.25) is 0 Å². The van der Waals surface area contributed by atoms with E-state index in [1.807, 2.05) is 0 Å². The van der Waals surface area contributed by atoms with Crippen LogP contribution in [0, 0.1) is 0 Å². The van der Waals surface area contributed by atoms with E-state index in [9.17, 15) is 0 Å². The quantitative estimate of drug-likeness (QED) is 0.446. The Hall–Kier alpha value is -0.520. The van der Waals surface area contributed by atoms with Crippen LogP contribution in [-0.4, -0.2) is 0 Å². The van der Waals surface area contributed by atoms with Gasteiger partial charge in [0, 0.05) is 0 Å². The van der Waals surface area contributed by atoms with Gasteiger partial charge in [-0.3, -0.25) is 0 Å². The van der Waals surface area contributed by atoms with E-state index in [-0.39, 0.29) is 0 Å². The summed E-state index contributed by atoms with van der Waals surface area (Å²) in [6.07, 6.45) is 12.8. The molecule has 10 heavy (non-hydrogen) atoms. The van der Waals surface area contributed by atoms with Crippen LogP contribution in [0.3, 0.4) is 0 Å². The third-order valence-corrected chi connectivity index (χ3v) is 2.60. The second kappa shape index (κ2) is 2.61. The zero-order chi connectivity index (χ0) is 6.81. The summed E-state index contributed by atoms with van der Waals surface area (Å²) in [5.74, 6) is 0. The fraction of sp³-hybridized carbons (Fsp3) is 0.600. The molecule has 0 aromatic carbocycles. The molecule has 0 N–H and O–H groups in total. The molecule has 2 aliphatic carbocycles. The smallest absolute Gasteiger partial charge is 0.0133 e. The van der Waals surface area contributed by atoms with Crippen LogP contribution in [0.15, 0.2) is 23.3 Å². The molecule has 0 spiro atoms. The molecule has 2 aliphatic rings. The van der Waals surface area contributed by atoms with Crippen LogP contribution in [-0.2, 0) is 0 Å². The van der Waals surface area contributed by atoms with E-state index in [1.54, 1.807) is 11.1 Å². The predicted octanol–water partition coefficient (Wildman–Crippen LogP) is 3.21.